The minimum atomic E-state index is -0.555. The molecule has 1 aromatic heterocycles. The van der Waals surface area contributed by atoms with E-state index in [1.807, 2.05) is 0 Å². The summed E-state index contributed by atoms with van der Waals surface area (Å²) in [6.07, 6.45) is 0. The number of anilines is 1. The molecule has 0 spiro atoms. The lowest BCUT2D eigenvalue weighted by Crippen LogP contribution is -2.03. The molecule has 0 bridgehead atoms. The minimum absolute atomic E-state index is 0.0537. The van der Waals surface area contributed by atoms with Gasteiger partial charge in [-0.05, 0) is 6.07 Å². The quantitative estimate of drug-likeness (QED) is 0.661. The third-order valence-corrected chi connectivity index (χ3v) is 2.62. The normalized spacial score (nSPS) is 10.0. The van der Waals surface area contributed by atoms with Crippen molar-refractivity contribution in [2.75, 3.05) is 19.5 Å². The van der Waals surface area contributed by atoms with Gasteiger partial charge in [0.05, 0.1) is 17.1 Å². The number of non-ortho nitro benzene ring substituents is 1. The molecule has 0 amide bonds. The van der Waals surface area contributed by atoms with Crippen molar-refractivity contribution in [2.24, 2.45) is 0 Å². The number of ether oxygens (including phenoxy) is 2. The van der Waals surface area contributed by atoms with Crippen molar-refractivity contribution >= 4 is 23.2 Å². The van der Waals surface area contributed by atoms with Crippen LogP contribution in [0.5, 0.6) is 17.8 Å². The maximum atomic E-state index is 10.6. The van der Waals surface area contributed by atoms with Gasteiger partial charge in [-0.1, -0.05) is 11.6 Å². The molecule has 0 aliphatic heterocycles. The van der Waals surface area contributed by atoms with Crippen molar-refractivity contribution in [3.63, 3.8) is 0 Å². The van der Waals surface area contributed by atoms with E-state index in [1.54, 1.807) is 7.05 Å². The molecule has 10 heteroatoms. The molecule has 0 radical (unpaired) electrons. The second kappa shape index (κ2) is 6.18. The topological polar surface area (TPSA) is 112 Å². The largest absolute Gasteiger partial charge is 0.467 e. The molecule has 0 atom stereocenters. The van der Waals surface area contributed by atoms with Crippen LogP contribution in [-0.2, 0) is 0 Å². The average Bonchev–Trinajstić information content (AvgIpc) is 2.48. The van der Waals surface area contributed by atoms with E-state index in [1.165, 1.54) is 25.3 Å². The van der Waals surface area contributed by atoms with Gasteiger partial charge in [-0.15, -0.1) is 4.98 Å². The lowest BCUT2D eigenvalue weighted by Gasteiger charge is -2.07. The SMILES string of the molecule is CNc1nc(OC)nc(Oc2ccc([N+](=O)[O-])cc2Cl)n1. The smallest absolute Gasteiger partial charge is 0.330 e. The predicted molar refractivity (Wildman–Crippen MR) is 74.1 cm³/mol. The summed E-state index contributed by atoms with van der Waals surface area (Å²) in [7, 11) is 3.02. The monoisotopic (exact) mass is 311 g/mol. The maximum Gasteiger partial charge on any atom is 0.330 e. The van der Waals surface area contributed by atoms with Crippen LogP contribution in [0.15, 0.2) is 18.2 Å². The van der Waals surface area contributed by atoms with Crippen LogP contribution < -0.4 is 14.8 Å². The van der Waals surface area contributed by atoms with Crippen LogP contribution in [-0.4, -0.2) is 34.0 Å². The van der Waals surface area contributed by atoms with E-state index in [4.69, 9.17) is 21.1 Å². The molecule has 1 N–H and O–H groups in total. The van der Waals surface area contributed by atoms with Crippen molar-refractivity contribution in [1.29, 1.82) is 0 Å². The Hall–Kier alpha value is -2.68. The molecular formula is C11H10ClN5O4. The Labute approximate surface area is 124 Å². The summed E-state index contributed by atoms with van der Waals surface area (Å²) in [6, 6.07) is 3.80. The molecule has 0 unspecified atom stereocenters. The zero-order valence-corrected chi connectivity index (χ0v) is 11.8. The van der Waals surface area contributed by atoms with Gasteiger partial charge in [0.25, 0.3) is 5.69 Å². The summed E-state index contributed by atoms with van der Waals surface area (Å²) in [4.78, 5) is 21.9. The summed E-state index contributed by atoms with van der Waals surface area (Å²) in [5.41, 5.74) is -0.142. The Kier molecular flexibility index (Phi) is 4.33. The van der Waals surface area contributed by atoms with Crippen LogP contribution >= 0.6 is 11.6 Å². The summed E-state index contributed by atoms with van der Waals surface area (Å²) < 4.78 is 10.3. The first kappa shape index (κ1) is 14.7. The Balaban J connectivity index is 2.31. The molecule has 9 nitrogen and oxygen atoms in total. The molecule has 1 aromatic carbocycles. The number of halogens is 1. The maximum absolute atomic E-state index is 10.6. The highest BCUT2D eigenvalue weighted by Gasteiger charge is 2.13. The average molecular weight is 312 g/mol. The van der Waals surface area contributed by atoms with Gasteiger partial charge in [0, 0.05) is 19.2 Å². The summed E-state index contributed by atoms with van der Waals surface area (Å²) in [5, 5.41) is 13.4. The summed E-state index contributed by atoms with van der Waals surface area (Å²) in [5.74, 6) is 0.424. The highest BCUT2D eigenvalue weighted by molar-refractivity contribution is 6.32. The van der Waals surface area contributed by atoms with Crippen molar-refractivity contribution in [1.82, 2.24) is 15.0 Å². The van der Waals surface area contributed by atoms with Crippen LogP contribution in [0.1, 0.15) is 0 Å². The molecule has 0 saturated heterocycles. The third-order valence-electron chi connectivity index (χ3n) is 2.33. The second-order valence-electron chi connectivity index (χ2n) is 3.65. The van der Waals surface area contributed by atoms with Gasteiger partial charge in [0.2, 0.25) is 5.95 Å². The number of hydrogen-bond donors (Lipinski definition) is 1. The molecule has 21 heavy (non-hydrogen) atoms. The van der Waals surface area contributed by atoms with Crippen LogP contribution in [0, 0.1) is 10.1 Å². The van der Waals surface area contributed by atoms with Gasteiger partial charge in [-0.3, -0.25) is 10.1 Å². The van der Waals surface area contributed by atoms with E-state index >= 15 is 0 Å². The lowest BCUT2D eigenvalue weighted by atomic mass is 10.3. The summed E-state index contributed by atoms with van der Waals surface area (Å²) in [6.45, 7) is 0. The molecule has 2 aromatic rings. The molecule has 1 heterocycles. The number of hydrogen-bond acceptors (Lipinski definition) is 8. The molecule has 0 aliphatic rings. The number of nitro groups is 1. The lowest BCUT2D eigenvalue weighted by molar-refractivity contribution is -0.384. The van der Waals surface area contributed by atoms with Gasteiger partial charge in [0.1, 0.15) is 5.75 Å². The molecule has 0 saturated carbocycles. The van der Waals surface area contributed by atoms with Crippen molar-refractivity contribution in [2.45, 2.75) is 0 Å². The highest BCUT2D eigenvalue weighted by atomic mass is 35.5. The number of nitro benzene ring substituents is 1. The Bertz CT molecular complexity index is 659. The predicted octanol–water partition coefficient (Wildman–Crippen LogP) is 2.28. The Morgan fingerprint density at radius 3 is 2.57 bits per heavy atom. The fraction of sp³-hybridized carbons (Fsp3) is 0.182. The van der Waals surface area contributed by atoms with Crippen molar-refractivity contribution in [3.05, 3.63) is 33.3 Å². The van der Waals surface area contributed by atoms with E-state index in [-0.39, 0.29) is 34.4 Å². The highest BCUT2D eigenvalue weighted by Crippen LogP contribution is 2.31. The van der Waals surface area contributed by atoms with E-state index in [9.17, 15) is 10.1 Å². The number of aromatic nitrogens is 3. The number of nitrogens with one attached hydrogen (secondary N) is 1. The minimum Gasteiger partial charge on any atom is -0.467 e. The number of nitrogens with zero attached hydrogens (tertiary/aromatic N) is 4. The standard InChI is InChI=1S/C11H10ClN5O4/c1-13-9-14-10(20-2)16-11(15-9)21-8-4-3-6(17(18)19)5-7(8)12/h3-5H,1-2H3,(H,13,14,15,16). The molecule has 110 valence electrons. The van der Waals surface area contributed by atoms with Crippen molar-refractivity contribution in [3.8, 4) is 17.8 Å². The fourth-order valence-corrected chi connectivity index (χ4v) is 1.58. The third kappa shape index (κ3) is 3.45. The molecule has 0 fully saturated rings. The van der Waals surface area contributed by atoms with Gasteiger partial charge < -0.3 is 14.8 Å². The number of benzene rings is 1. The van der Waals surface area contributed by atoms with E-state index < -0.39 is 4.92 Å². The molecule has 2 rings (SSSR count). The van der Waals surface area contributed by atoms with E-state index in [0.29, 0.717) is 0 Å². The van der Waals surface area contributed by atoms with Gasteiger partial charge in [-0.25, -0.2) is 0 Å². The first-order chi connectivity index (χ1) is 10.0. The van der Waals surface area contributed by atoms with Crippen LogP contribution in [0.2, 0.25) is 5.02 Å². The van der Waals surface area contributed by atoms with E-state index in [2.05, 4.69) is 20.3 Å². The number of methoxy groups -OCH3 is 1. The zero-order chi connectivity index (χ0) is 15.4. The molecular weight excluding hydrogens is 302 g/mol. The van der Waals surface area contributed by atoms with Gasteiger partial charge >= 0.3 is 12.0 Å². The number of rotatable bonds is 5. The van der Waals surface area contributed by atoms with E-state index in [0.717, 1.165) is 0 Å². The summed E-state index contributed by atoms with van der Waals surface area (Å²) >= 11 is 5.92. The van der Waals surface area contributed by atoms with Crippen molar-refractivity contribution < 1.29 is 14.4 Å². The van der Waals surface area contributed by atoms with Crippen LogP contribution in [0.3, 0.4) is 0 Å². The Morgan fingerprint density at radius 1 is 1.29 bits per heavy atom. The van der Waals surface area contributed by atoms with Gasteiger partial charge in [0.15, 0.2) is 0 Å². The second-order valence-corrected chi connectivity index (χ2v) is 4.06. The van der Waals surface area contributed by atoms with Crippen LogP contribution in [0.25, 0.3) is 0 Å². The zero-order valence-electron chi connectivity index (χ0n) is 11.0. The Morgan fingerprint density at radius 2 is 2.00 bits per heavy atom. The molecule has 0 aliphatic carbocycles. The first-order valence-corrected chi connectivity index (χ1v) is 6.01. The fourth-order valence-electron chi connectivity index (χ4n) is 1.37. The van der Waals surface area contributed by atoms with Crippen LogP contribution in [0.4, 0.5) is 11.6 Å². The first-order valence-electron chi connectivity index (χ1n) is 5.63. The van der Waals surface area contributed by atoms with Gasteiger partial charge in [-0.2, -0.15) is 9.97 Å².